The predicted octanol–water partition coefficient (Wildman–Crippen LogP) is 3.30. The zero-order valence-electron chi connectivity index (χ0n) is 16.5. The topological polar surface area (TPSA) is 78.3 Å². The van der Waals surface area contributed by atoms with Crippen LogP contribution in [0.2, 0.25) is 0 Å². The van der Waals surface area contributed by atoms with E-state index < -0.39 is 0 Å². The van der Waals surface area contributed by atoms with Crippen molar-refractivity contribution in [1.29, 1.82) is 0 Å². The molecule has 1 amide bonds. The Hall–Kier alpha value is -2.22. The van der Waals surface area contributed by atoms with Gasteiger partial charge in [-0.1, -0.05) is 17.8 Å². The van der Waals surface area contributed by atoms with Crippen LogP contribution in [-0.2, 0) is 11.3 Å². The molecule has 0 spiro atoms. The summed E-state index contributed by atoms with van der Waals surface area (Å²) in [5.74, 6) is 2.99. The monoisotopic (exact) mass is 402 g/mol. The summed E-state index contributed by atoms with van der Waals surface area (Å²) in [5, 5.41) is 12.4. The summed E-state index contributed by atoms with van der Waals surface area (Å²) >= 11 is 1.49. The fourth-order valence-corrected chi connectivity index (χ4v) is 4.15. The highest BCUT2D eigenvalue weighted by atomic mass is 32.2. The van der Waals surface area contributed by atoms with Crippen LogP contribution in [0.25, 0.3) is 0 Å². The van der Waals surface area contributed by atoms with Crippen LogP contribution in [0.4, 0.5) is 0 Å². The van der Waals surface area contributed by atoms with Crippen molar-refractivity contribution in [3.8, 4) is 11.5 Å². The Morgan fingerprint density at radius 2 is 1.96 bits per heavy atom. The molecule has 2 saturated carbocycles. The third kappa shape index (κ3) is 4.11. The van der Waals surface area contributed by atoms with E-state index in [0.29, 0.717) is 30.0 Å². The molecule has 150 valence electrons. The summed E-state index contributed by atoms with van der Waals surface area (Å²) in [7, 11) is 3.21. The molecule has 0 saturated heterocycles. The van der Waals surface area contributed by atoms with Crippen LogP contribution in [0.3, 0.4) is 0 Å². The first kappa shape index (κ1) is 19.1. The van der Waals surface area contributed by atoms with Crippen molar-refractivity contribution >= 4 is 17.7 Å². The zero-order chi connectivity index (χ0) is 19.7. The Kier molecular flexibility index (Phi) is 5.48. The fourth-order valence-electron chi connectivity index (χ4n) is 3.20. The number of rotatable bonds is 9. The van der Waals surface area contributed by atoms with Crippen molar-refractivity contribution < 1.29 is 14.3 Å². The lowest BCUT2D eigenvalue weighted by molar-refractivity contribution is -0.120. The van der Waals surface area contributed by atoms with Crippen LogP contribution in [-0.4, -0.2) is 40.1 Å². The molecule has 0 radical (unpaired) electrons. The van der Waals surface area contributed by atoms with Crippen LogP contribution in [0, 0.1) is 0 Å². The summed E-state index contributed by atoms with van der Waals surface area (Å²) < 4.78 is 12.8. The first-order valence-electron chi connectivity index (χ1n) is 9.70. The molecule has 1 aromatic heterocycles. The number of carbonyl (C=O) groups is 1. The van der Waals surface area contributed by atoms with Gasteiger partial charge in [-0.3, -0.25) is 4.79 Å². The van der Waals surface area contributed by atoms with Crippen LogP contribution in [0.1, 0.15) is 56.0 Å². The van der Waals surface area contributed by atoms with Gasteiger partial charge in [0.1, 0.15) is 5.82 Å². The third-order valence-corrected chi connectivity index (χ3v) is 6.17. The molecule has 2 aliphatic rings. The number of methoxy groups -OCH3 is 2. The normalized spacial score (nSPS) is 17.2. The van der Waals surface area contributed by atoms with Crippen LogP contribution < -0.4 is 14.8 Å². The number of nitrogens with zero attached hydrogens (tertiary/aromatic N) is 3. The number of ether oxygens (including phenoxy) is 2. The van der Waals surface area contributed by atoms with E-state index >= 15 is 0 Å². The van der Waals surface area contributed by atoms with Gasteiger partial charge in [0.15, 0.2) is 16.7 Å². The molecule has 2 fully saturated rings. The highest BCUT2D eigenvalue weighted by Gasteiger charge is 2.37. The summed E-state index contributed by atoms with van der Waals surface area (Å²) in [6.45, 7) is 2.35. The van der Waals surface area contributed by atoms with E-state index in [1.165, 1.54) is 37.4 Å². The highest BCUT2D eigenvalue weighted by molar-refractivity contribution is 8.00. The SMILES string of the molecule is COc1ccc(CNC(=O)[C@H](C)Sc2nnc(C3CC3)n2C2CC2)cc1OC. The number of thioether (sulfide) groups is 1. The van der Waals surface area contributed by atoms with Gasteiger partial charge in [0.05, 0.1) is 19.5 Å². The molecule has 1 heterocycles. The molecule has 0 bridgehead atoms. The van der Waals surface area contributed by atoms with Crippen LogP contribution in [0.15, 0.2) is 23.4 Å². The molecule has 1 atom stereocenters. The van der Waals surface area contributed by atoms with Gasteiger partial charge in [0, 0.05) is 18.5 Å². The van der Waals surface area contributed by atoms with Gasteiger partial charge >= 0.3 is 0 Å². The summed E-state index contributed by atoms with van der Waals surface area (Å²) in [4.78, 5) is 12.6. The minimum atomic E-state index is -0.242. The molecule has 2 aliphatic carbocycles. The van der Waals surface area contributed by atoms with E-state index in [4.69, 9.17) is 9.47 Å². The van der Waals surface area contributed by atoms with Crippen LogP contribution >= 0.6 is 11.8 Å². The van der Waals surface area contributed by atoms with Gasteiger partial charge in [-0.05, 0) is 50.3 Å². The summed E-state index contributed by atoms with van der Waals surface area (Å²) in [6, 6.07) is 6.17. The first-order valence-corrected chi connectivity index (χ1v) is 10.6. The Balaban J connectivity index is 1.37. The van der Waals surface area contributed by atoms with E-state index in [0.717, 1.165) is 16.5 Å². The van der Waals surface area contributed by atoms with Crippen molar-refractivity contribution in [3.05, 3.63) is 29.6 Å². The van der Waals surface area contributed by atoms with Crippen molar-refractivity contribution in [2.45, 2.75) is 61.5 Å². The standard InChI is InChI=1S/C20H26N4O3S/c1-12(19(25)21-11-13-4-9-16(26-2)17(10-13)27-3)28-20-23-22-18(14-5-6-14)24(20)15-7-8-15/h4,9-10,12,14-15H,5-8,11H2,1-3H3,(H,21,25)/t12-/m0/s1. The van der Waals surface area contributed by atoms with E-state index in [1.54, 1.807) is 14.2 Å². The Morgan fingerprint density at radius 1 is 1.21 bits per heavy atom. The Bertz CT molecular complexity index is 861. The number of hydrogen-bond donors (Lipinski definition) is 1. The van der Waals surface area contributed by atoms with Gasteiger partial charge in [-0.25, -0.2) is 0 Å². The molecular formula is C20H26N4O3S. The molecule has 0 aliphatic heterocycles. The van der Waals surface area contributed by atoms with Gasteiger partial charge in [-0.15, -0.1) is 10.2 Å². The molecule has 1 N–H and O–H groups in total. The molecule has 7 nitrogen and oxygen atoms in total. The van der Waals surface area contributed by atoms with E-state index in [2.05, 4.69) is 20.1 Å². The van der Waals surface area contributed by atoms with E-state index in [9.17, 15) is 4.79 Å². The van der Waals surface area contributed by atoms with Crippen molar-refractivity contribution in [3.63, 3.8) is 0 Å². The van der Waals surface area contributed by atoms with Gasteiger partial charge in [0.25, 0.3) is 0 Å². The van der Waals surface area contributed by atoms with Gasteiger partial charge in [0.2, 0.25) is 5.91 Å². The number of nitrogens with one attached hydrogen (secondary N) is 1. The number of carbonyl (C=O) groups excluding carboxylic acids is 1. The maximum atomic E-state index is 12.6. The number of amides is 1. The molecule has 0 unspecified atom stereocenters. The second kappa shape index (κ2) is 8.03. The smallest absolute Gasteiger partial charge is 0.233 e. The van der Waals surface area contributed by atoms with Gasteiger partial charge < -0.3 is 19.4 Å². The minimum absolute atomic E-state index is 0.0156. The molecule has 4 rings (SSSR count). The third-order valence-electron chi connectivity index (χ3n) is 5.11. The predicted molar refractivity (Wildman–Crippen MR) is 107 cm³/mol. The average molecular weight is 403 g/mol. The van der Waals surface area contributed by atoms with Crippen molar-refractivity contribution in [2.24, 2.45) is 0 Å². The Labute approximate surface area is 169 Å². The second-order valence-corrected chi connectivity index (χ2v) is 8.69. The largest absolute Gasteiger partial charge is 0.493 e. The zero-order valence-corrected chi connectivity index (χ0v) is 17.3. The first-order chi connectivity index (χ1) is 13.6. The lowest BCUT2D eigenvalue weighted by atomic mass is 10.2. The van der Waals surface area contributed by atoms with E-state index in [-0.39, 0.29) is 11.2 Å². The lowest BCUT2D eigenvalue weighted by Gasteiger charge is -2.14. The average Bonchev–Trinajstić information content (AvgIpc) is 3.64. The summed E-state index contributed by atoms with van der Waals surface area (Å²) in [6.07, 6.45) is 4.78. The molecule has 8 heteroatoms. The van der Waals surface area contributed by atoms with Crippen LogP contribution in [0.5, 0.6) is 11.5 Å². The quantitative estimate of drug-likeness (QED) is 0.649. The molecule has 1 aromatic carbocycles. The van der Waals surface area contributed by atoms with Gasteiger partial charge in [-0.2, -0.15) is 0 Å². The lowest BCUT2D eigenvalue weighted by Crippen LogP contribution is -2.30. The van der Waals surface area contributed by atoms with E-state index in [1.807, 2.05) is 25.1 Å². The fraction of sp³-hybridized carbons (Fsp3) is 0.550. The molecule has 2 aromatic rings. The minimum Gasteiger partial charge on any atom is -0.493 e. The number of aromatic nitrogens is 3. The second-order valence-electron chi connectivity index (χ2n) is 7.38. The maximum absolute atomic E-state index is 12.6. The maximum Gasteiger partial charge on any atom is 0.233 e. The van der Waals surface area contributed by atoms with Crippen molar-refractivity contribution in [1.82, 2.24) is 20.1 Å². The highest BCUT2D eigenvalue weighted by Crippen LogP contribution is 2.46. The molecular weight excluding hydrogens is 376 g/mol. The van der Waals surface area contributed by atoms with Crippen molar-refractivity contribution in [2.75, 3.05) is 14.2 Å². The Morgan fingerprint density at radius 3 is 2.61 bits per heavy atom. The number of hydrogen-bond acceptors (Lipinski definition) is 6. The number of benzene rings is 1. The summed E-state index contributed by atoms with van der Waals surface area (Å²) in [5.41, 5.74) is 0.959. The molecule has 28 heavy (non-hydrogen) atoms.